The van der Waals surface area contributed by atoms with E-state index < -0.39 is 5.97 Å². The molecule has 0 spiro atoms. The molecule has 0 fully saturated rings. The number of hydrogen-bond acceptors (Lipinski definition) is 5. The number of benzene rings is 1. The Morgan fingerprint density at radius 1 is 1.44 bits per heavy atom. The van der Waals surface area contributed by atoms with Gasteiger partial charge in [-0.15, -0.1) is 0 Å². The topological polar surface area (TPSA) is 61.8 Å². The van der Waals surface area contributed by atoms with Gasteiger partial charge in [-0.05, 0) is 18.2 Å². The van der Waals surface area contributed by atoms with Gasteiger partial charge in [-0.25, -0.2) is 4.79 Å². The molecular formula is C13H14O5. The third kappa shape index (κ3) is 2.22. The van der Waals surface area contributed by atoms with Crippen molar-refractivity contribution in [3.8, 4) is 5.75 Å². The average molecular weight is 250 g/mol. The monoisotopic (exact) mass is 250 g/mol. The van der Waals surface area contributed by atoms with Gasteiger partial charge in [-0.2, -0.15) is 0 Å². The summed E-state index contributed by atoms with van der Waals surface area (Å²) in [6.45, 7) is 0.609. The lowest BCUT2D eigenvalue weighted by atomic mass is 9.94. The molecule has 0 amide bonds. The van der Waals surface area contributed by atoms with Gasteiger partial charge in [0.05, 0.1) is 30.8 Å². The molecule has 1 atom stereocenters. The number of rotatable bonds is 3. The van der Waals surface area contributed by atoms with Gasteiger partial charge in [-0.1, -0.05) is 0 Å². The Morgan fingerprint density at radius 2 is 2.22 bits per heavy atom. The number of ether oxygens (including phenoxy) is 3. The number of ketones is 1. The Balaban J connectivity index is 2.33. The van der Waals surface area contributed by atoms with Crippen LogP contribution in [0.3, 0.4) is 0 Å². The lowest BCUT2D eigenvalue weighted by Gasteiger charge is -2.23. The van der Waals surface area contributed by atoms with Gasteiger partial charge >= 0.3 is 5.97 Å². The summed E-state index contributed by atoms with van der Waals surface area (Å²) in [5.41, 5.74) is 0.748. The third-order valence-electron chi connectivity index (χ3n) is 2.84. The van der Waals surface area contributed by atoms with Crippen LogP contribution in [0.4, 0.5) is 0 Å². The number of carbonyl (C=O) groups excluding carboxylic acids is 2. The Kier molecular flexibility index (Phi) is 3.62. The van der Waals surface area contributed by atoms with E-state index in [4.69, 9.17) is 9.47 Å². The normalized spacial score (nSPS) is 17.9. The molecule has 5 heteroatoms. The summed E-state index contributed by atoms with van der Waals surface area (Å²) in [6, 6.07) is 4.70. The summed E-state index contributed by atoms with van der Waals surface area (Å²) in [4.78, 5) is 23.6. The zero-order valence-corrected chi connectivity index (χ0v) is 10.3. The van der Waals surface area contributed by atoms with Crippen LogP contribution in [0.25, 0.3) is 0 Å². The van der Waals surface area contributed by atoms with E-state index in [1.54, 1.807) is 12.1 Å². The number of methoxy groups -OCH3 is 2. The molecular weight excluding hydrogens is 236 g/mol. The van der Waals surface area contributed by atoms with E-state index in [2.05, 4.69) is 4.74 Å². The molecule has 0 aromatic heterocycles. The minimum atomic E-state index is -0.473. The highest BCUT2D eigenvalue weighted by molar-refractivity contribution is 6.03. The third-order valence-corrected chi connectivity index (χ3v) is 2.84. The molecule has 0 N–H and O–H groups in total. The van der Waals surface area contributed by atoms with E-state index in [0.717, 1.165) is 0 Å². The van der Waals surface area contributed by atoms with E-state index >= 15 is 0 Å². The highest BCUT2D eigenvalue weighted by Crippen LogP contribution is 2.28. The van der Waals surface area contributed by atoms with Gasteiger partial charge in [0.2, 0.25) is 0 Å². The number of carbonyl (C=O) groups is 2. The minimum Gasteiger partial charge on any atom is -0.492 e. The van der Waals surface area contributed by atoms with Crippen molar-refractivity contribution in [2.45, 2.75) is 0 Å². The van der Waals surface area contributed by atoms with Crippen LogP contribution in [0.15, 0.2) is 18.2 Å². The van der Waals surface area contributed by atoms with Crippen molar-refractivity contribution < 1.29 is 23.8 Å². The molecule has 0 saturated carbocycles. The Bertz CT molecular complexity index is 480. The van der Waals surface area contributed by atoms with Crippen LogP contribution in [-0.2, 0) is 9.47 Å². The van der Waals surface area contributed by atoms with Gasteiger partial charge in [0.1, 0.15) is 12.4 Å². The summed E-state index contributed by atoms with van der Waals surface area (Å²) < 4.78 is 15.1. The molecule has 0 aliphatic carbocycles. The standard InChI is InChI=1S/C13H14O5/c1-16-6-9-7-18-11-4-3-8(13(15)17-2)5-10(11)12(9)14/h3-5,9H,6-7H2,1-2H3. The molecule has 0 bridgehead atoms. The van der Waals surface area contributed by atoms with Crippen LogP contribution >= 0.6 is 0 Å². The maximum absolute atomic E-state index is 12.2. The van der Waals surface area contributed by atoms with Gasteiger partial charge in [0.15, 0.2) is 5.78 Å². The number of fused-ring (bicyclic) bond motifs is 1. The van der Waals surface area contributed by atoms with E-state index in [9.17, 15) is 9.59 Å². The van der Waals surface area contributed by atoms with E-state index in [1.165, 1.54) is 20.3 Å². The van der Waals surface area contributed by atoms with E-state index in [0.29, 0.717) is 30.1 Å². The molecule has 0 saturated heterocycles. The summed E-state index contributed by atoms with van der Waals surface area (Å²) in [5.74, 6) is -0.362. The fourth-order valence-corrected chi connectivity index (χ4v) is 1.90. The zero-order chi connectivity index (χ0) is 13.1. The molecule has 1 unspecified atom stereocenters. The first kappa shape index (κ1) is 12.6. The van der Waals surface area contributed by atoms with Crippen molar-refractivity contribution in [1.82, 2.24) is 0 Å². The highest BCUT2D eigenvalue weighted by Gasteiger charge is 2.29. The fraction of sp³-hybridized carbons (Fsp3) is 0.385. The molecule has 1 aromatic carbocycles. The van der Waals surface area contributed by atoms with Crippen molar-refractivity contribution in [3.63, 3.8) is 0 Å². The quantitative estimate of drug-likeness (QED) is 0.757. The highest BCUT2D eigenvalue weighted by atomic mass is 16.5. The van der Waals surface area contributed by atoms with Crippen LogP contribution in [0, 0.1) is 5.92 Å². The van der Waals surface area contributed by atoms with Crippen molar-refractivity contribution in [3.05, 3.63) is 29.3 Å². The van der Waals surface area contributed by atoms with Crippen LogP contribution in [-0.4, -0.2) is 39.2 Å². The van der Waals surface area contributed by atoms with Gasteiger partial charge in [0.25, 0.3) is 0 Å². The second-order valence-electron chi connectivity index (χ2n) is 4.03. The Hall–Kier alpha value is -1.88. The fourth-order valence-electron chi connectivity index (χ4n) is 1.90. The van der Waals surface area contributed by atoms with Crippen molar-refractivity contribution in [2.24, 2.45) is 5.92 Å². The summed E-state index contributed by atoms with van der Waals surface area (Å²) >= 11 is 0. The molecule has 0 radical (unpaired) electrons. The molecule has 1 aromatic rings. The maximum Gasteiger partial charge on any atom is 0.337 e. The molecule has 1 heterocycles. The molecule has 1 aliphatic heterocycles. The molecule has 2 rings (SSSR count). The molecule has 1 aliphatic rings. The van der Waals surface area contributed by atoms with Gasteiger partial charge in [-0.3, -0.25) is 4.79 Å². The zero-order valence-electron chi connectivity index (χ0n) is 10.3. The second kappa shape index (κ2) is 5.18. The summed E-state index contributed by atoms with van der Waals surface area (Å²) in [7, 11) is 2.83. The van der Waals surface area contributed by atoms with Crippen LogP contribution < -0.4 is 4.74 Å². The summed E-state index contributed by atoms with van der Waals surface area (Å²) in [5, 5.41) is 0. The Morgan fingerprint density at radius 3 is 2.89 bits per heavy atom. The maximum atomic E-state index is 12.2. The minimum absolute atomic E-state index is 0.0659. The lowest BCUT2D eigenvalue weighted by Crippen LogP contribution is -2.31. The predicted octanol–water partition coefficient (Wildman–Crippen LogP) is 1.31. The second-order valence-corrected chi connectivity index (χ2v) is 4.03. The first-order chi connectivity index (χ1) is 8.67. The van der Waals surface area contributed by atoms with Crippen LogP contribution in [0.2, 0.25) is 0 Å². The Labute approximate surface area is 105 Å². The lowest BCUT2D eigenvalue weighted by molar-refractivity contribution is 0.0600. The average Bonchev–Trinajstić information content (AvgIpc) is 2.41. The number of Topliss-reactive ketones (excluding diaryl/α,β-unsaturated/α-hetero) is 1. The largest absolute Gasteiger partial charge is 0.492 e. The van der Waals surface area contributed by atoms with Gasteiger partial charge in [0, 0.05) is 7.11 Å². The molecule has 18 heavy (non-hydrogen) atoms. The summed E-state index contributed by atoms with van der Waals surface area (Å²) in [6.07, 6.45) is 0. The van der Waals surface area contributed by atoms with E-state index in [-0.39, 0.29) is 11.7 Å². The van der Waals surface area contributed by atoms with E-state index in [1.807, 2.05) is 0 Å². The van der Waals surface area contributed by atoms with Crippen molar-refractivity contribution >= 4 is 11.8 Å². The molecule has 5 nitrogen and oxygen atoms in total. The smallest absolute Gasteiger partial charge is 0.337 e. The van der Waals surface area contributed by atoms with Crippen LogP contribution in [0.1, 0.15) is 20.7 Å². The van der Waals surface area contributed by atoms with Gasteiger partial charge < -0.3 is 14.2 Å². The first-order valence-electron chi connectivity index (χ1n) is 5.55. The SMILES string of the molecule is COCC1COc2ccc(C(=O)OC)cc2C1=O. The first-order valence-corrected chi connectivity index (χ1v) is 5.55. The number of esters is 1. The number of hydrogen-bond donors (Lipinski definition) is 0. The van der Waals surface area contributed by atoms with Crippen molar-refractivity contribution in [1.29, 1.82) is 0 Å². The molecule has 96 valence electrons. The van der Waals surface area contributed by atoms with Crippen molar-refractivity contribution in [2.75, 3.05) is 27.4 Å². The predicted molar refractivity (Wildman–Crippen MR) is 63.0 cm³/mol. The van der Waals surface area contributed by atoms with Crippen LogP contribution in [0.5, 0.6) is 5.75 Å².